The Hall–Kier alpha value is -3.62. The topological polar surface area (TPSA) is 61.5 Å². The van der Waals surface area contributed by atoms with Crippen molar-refractivity contribution in [2.45, 2.75) is 32.1 Å². The number of aromatic nitrogens is 4. The Labute approximate surface area is 187 Å². The highest BCUT2D eigenvalue weighted by atomic mass is 19.3. The normalized spacial score (nSPS) is 17.1. The number of ether oxygens (including phenoxy) is 2. The fourth-order valence-corrected chi connectivity index (χ4v) is 4.84. The van der Waals surface area contributed by atoms with Gasteiger partial charge in [-0.1, -0.05) is 0 Å². The van der Waals surface area contributed by atoms with Crippen molar-refractivity contribution in [3.05, 3.63) is 70.7 Å². The molecule has 9 heteroatoms. The van der Waals surface area contributed by atoms with Crippen molar-refractivity contribution in [3.8, 4) is 22.6 Å². The minimum absolute atomic E-state index is 0.0783. The fraction of sp³-hybridized carbons (Fsp3) is 0.292. The molecule has 6 nitrogen and oxygen atoms in total. The van der Waals surface area contributed by atoms with E-state index < -0.39 is 6.43 Å². The van der Waals surface area contributed by atoms with Crippen molar-refractivity contribution in [2.24, 2.45) is 0 Å². The number of hydrogen-bond donors (Lipinski definition) is 0. The van der Waals surface area contributed by atoms with Crippen LogP contribution in [0.1, 0.15) is 40.4 Å². The number of nitrogens with zero attached hydrogens (tertiary/aromatic N) is 4. The minimum Gasteiger partial charge on any atom is -0.493 e. The first kappa shape index (κ1) is 20.0. The molecule has 0 saturated carbocycles. The molecule has 2 aliphatic heterocycles. The molecule has 0 spiro atoms. The van der Waals surface area contributed by atoms with Gasteiger partial charge in [-0.25, -0.2) is 13.2 Å². The summed E-state index contributed by atoms with van der Waals surface area (Å²) in [5.74, 6) is 1.01. The number of pyridine rings is 2. The van der Waals surface area contributed by atoms with Crippen LogP contribution >= 0.6 is 0 Å². The van der Waals surface area contributed by atoms with E-state index in [0.717, 1.165) is 11.3 Å². The molecule has 2 aliphatic rings. The third-order valence-electron chi connectivity index (χ3n) is 6.45. The van der Waals surface area contributed by atoms with Crippen molar-refractivity contribution in [1.82, 2.24) is 19.6 Å². The molecule has 4 aromatic rings. The summed E-state index contributed by atoms with van der Waals surface area (Å²) in [6.45, 7) is 2.52. The number of alkyl halides is 2. The van der Waals surface area contributed by atoms with Crippen LogP contribution in [0.25, 0.3) is 16.8 Å². The first-order valence-electron chi connectivity index (χ1n) is 10.7. The van der Waals surface area contributed by atoms with Gasteiger partial charge in [0.15, 0.2) is 5.65 Å². The molecule has 1 atom stereocenters. The first-order chi connectivity index (χ1) is 16.0. The van der Waals surface area contributed by atoms with Crippen LogP contribution < -0.4 is 9.47 Å². The largest absolute Gasteiger partial charge is 0.493 e. The van der Waals surface area contributed by atoms with Crippen LogP contribution in [0.2, 0.25) is 0 Å². The number of rotatable bonds is 2. The molecule has 0 fully saturated rings. The van der Waals surface area contributed by atoms with Gasteiger partial charge >= 0.3 is 0 Å². The van der Waals surface area contributed by atoms with Crippen LogP contribution in [0.5, 0.6) is 11.5 Å². The van der Waals surface area contributed by atoms with Crippen molar-refractivity contribution in [1.29, 1.82) is 0 Å². The van der Waals surface area contributed by atoms with Gasteiger partial charge < -0.3 is 9.47 Å². The Morgan fingerprint density at radius 1 is 1.06 bits per heavy atom. The van der Waals surface area contributed by atoms with Crippen molar-refractivity contribution >= 4 is 5.65 Å². The zero-order valence-corrected chi connectivity index (χ0v) is 17.7. The van der Waals surface area contributed by atoms with Gasteiger partial charge in [0, 0.05) is 22.9 Å². The lowest BCUT2D eigenvalue weighted by Crippen LogP contribution is -2.13. The average molecular weight is 452 g/mol. The fourth-order valence-electron chi connectivity index (χ4n) is 4.84. The van der Waals surface area contributed by atoms with Gasteiger partial charge in [0.25, 0.3) is 6.43 Å². The lowest BCUT2D eigenvalue weighted by Gasteiger charge is -2.17. The van der Waals surface area contributed by atoms with Gasteiger partial charge in [0.1, 0.15) is 29.3 Å². The van der Waals surface area contributed by atoms with Crippen LogP contribution in [-0.4, -0.2) is 32.8 Å². The highest BCUT2D eigenvalue weighted by molar-refractivity contribution is 5.80. The Morgan fingerprint density at radius 2 is 1.88 bits per heavy atom. The molecule has 0 N–H and O–H groups in total. The second kappa shape index (κ2) is 7.47. The van der Waals surface area contributed by atoms with Gasteiger partial charge in [-0.3, -0.25) is 9.38 Å². The first-order valence-corrected chi connectivity index (χ1v) is 10.7. The van der Waals surface area contributed by atoms with E-state index in [0.29, 0.717) is 65.5 Å². The van der Waals surface area contributed by atoms with E-state index in [1.165, 1.54) is 18.3 Å². The second-order valence-corrected chi connectivity index (χ2v) is 8.37. The van der Waals surface area contributed by atoms with Gasteiger partial charge in [-0.05, 0) is 55.2 Å². The molecule has 3 aromatic heterocycles. The van der Waals surface area contributed by atoms with Gasteiger partial charge in [0.2, 0.25) is 0 Å². The zero-order chi connectivity index (χ0) is 22.7. The van der Waals surface area contributed by atoms with E-state index in [9.17, 15) is 13.2 Å². The molecule has 6 rings (SSSR count). The third-order valence-corrected chi connectivity index (χ3v) is 6.45. The van der Waals surface area contributed by atoms with Crippen LogP contribution in [0.4, 0.5) is 13.2 Å². The minimum atomic E-state index is -2.64. The molecule has 0 unspecified atom stereocenters. The molecule has 0 bridgehead atoms. The Bertz CT molecular complexity index is 1400. The summed E-state index contributed by atoms with van der Waals surface area (Å²) >= 11 is 0. The third kappa shape index (κ3) is 3.13. The smallest absolute Gasteiger partial charge is 0.280 e. The molecule has 1 aromatic carbocycles. The number of hydrogen-bond acceptors (Lipinski definition) is 5. The molecular formula is C24H19F3N4O2. The molecule has 0 amide bonds. The maximum Gasteiger partial charge on any atom is 0.280 e. The number of benzene rings is 1. The van der Waals surface area contributed by atoms with Gasteiger partial charge in [0.05, 0.1) is 24.8 Å². The van der Waals surface area contributed by atoms with Crippen molar-refractivity contribution < 1.29 is 22.6 Å². The molecule has 0 aliphatic carbocycles. The predicted octanol–water partition coefficient (Wildman–Crippen LogP) is 4.83. The van der Waals surface area contributed by atoms with Crippen LogP contribution in [0.3, 0.4) is 0 Å². The molecule has 33 heavy (non-hydrogen) atoms. The number of aryl methyl sites for hydroxylation is 2. The monoisotopic (exact) mass is 452 g/mol. The molecule has 5 heterocycles. The quantitative estimate of drug-likeness (QED) is 0.436. The lowest BCUT2D eigenvalue weighted by molar-refractivity contribution is 0.146. The number of fused-ring (bicyclic) bond motifs is 3. The van der Waals surface area contributed by atoms with Crippen molar-refractivity contribution in [3.63, 3.8) is 0 Å². The van der Waals surface area contributed by atoms with E-state index in [2.05, 4.69) is 15.2 Å². The van der Waals surface area contributed by atoms with Gasteiger partial charge in [-0.15, -0.1) is 10.2 Å². The average Bonchev–Trinajstić information content (AvgIpc) is 3.45. The van der Waals surface area contributed by atoms with Gasteiger partial charge in [-0.2, -0.15) is 0 Å². The Morgan fingerprint density at radius 3 is 2.67 bits per heavy atom. The molecule has 0 saturated heterocycles. The standard InChI is InChI=1S/C24H19F3N4O2/c1-12-6-18(23(26)27)28-8-16(12)15-7-21-19(31-11-29-30-24(15)31)4-2-14-17(25)3-5-20-22(14)13(9-32-20)10-33-21/h3,5-8,11,13,23H,2,4,9-10H2,1H3/t13-/m1/s1. The summed E-state index contributed by atoms with van der Waals surface area (Å²) in [5.41, 5.74) is 4.65. The van der Waals surface area contributed by atoms with Crippen molar-refractivity contribution in [2.75, 3.05) is 13.2 Å². The summed E-state index contributed by atoms with van der Waals surface area (Å²) < 4.78 is 54.8. The SMILES string of the molecule is Cc1cc(C(F)F)ncc1-c1cc2c(n3cnnc13)CCc1c(F)ccc3c1[C@H](CO3)CO2. The lowest BCUT2D eigenvalue weighted by atomic mass is 9.93. The number of halogens is 3. The van der Waals surface area contributed by atoms with E-state index >= 15 is 0 Å². The zero-order valence-electron chi connectivity index (χ0n) is 17.7. The Kier molecular flexibility index (Phi) is 4.53. The molecule has 0 radical (unpaired) electrons. The summed E-state index contributed by atoms with van der Waals surface area (Å²) in [7, 11) is 0. The second-order valence-electron chi connectivity index (χ2n) is 8.37. The summed E-state index contributed by atoms with van der Waals surface area (Å²) in [6, 6.07) is 6.36. The highest BCUT2D eigenvalue weighted by Crippen LogP contribution is 2.41. The Balaban J connectivity index is 1.49. The predicted molar refractivity (Wildman–Crippen MR) is 113 cm³/mol. The van der Waals surface area contributed by atoms with Crippen LogP contribution in [0, 0.1) is 12.7 Å². The molecule has 168 valence electrons. The van der Waals surface area contributed by atoms with Crippen LogP contribution in [0.15, 0.2) is 36.8 Å². The highest BCUT2D eigenvalue weighted by Gasteiger charge is 2.31. The summed E-state index contributed by atoms with van der Waals surface area (Å²) in [5, 5.41) is 8.34. The summed E-state index contributed by atoms with van der Waals surface area (Å²) in [4.78, 5) is 3.93. The maximum absolute atomic E-state index is 14.8. The molecular weight excluding hydrogens is 433 g/mol. The van der Waals surface area contributed by atoms with E-state index in [-0.39, 0.29) is 17.4 Å². The van der Waals surface area contributed by atoms with E-state index in [4.69, 9.17) is 9.47 Å². The van der Waals surface area contributed by atoms with Crippen LogP contribution in [-0.2, 0) is 12.8 Å². The summed E-state index contributed by atoms with van der Waals surface area (Å²) in [6.07, 6.45) is 1.36. The van der Waals surface area contributed by atoms with E-state index in [1.807, 2.05) is 10.5 Å². The maximum atomic E-state index is 14.8. The van der Waals surface area contributed by atoms with E-state index in [1.54, 1.807) is 19.3 Å².